The van der Waals surface area contributed by atoms with E-state index in [9.17, 15) is 9.59 Å². The fourth-order valence-corrected chi connectivity index (χ4v) is 3.88. The van der Waals surface area contributed by atoms with E-state index >= 15 is 0 Å². The number of carbonyl (C=O) groups is 1. The third-order valence-corrected chi connectivity index (χ3v) is 5.41. The first-order chi connectivity index (χ1) is 14.0. The van der Waals surface area contributed by atoms with Gasteiger partial charge >= 0.3 is 5.97 Å². The quantitative estimate of drug-likeness (QED) is 0.514. The lowest BCUT2D eigenvalue weighted by molar-refractivity contribution is 0.0601. The highest BCUT2D eigenvalue weighted by atomic mass is 32.1. The average molecular weight is 410 g/mol. The molecule has 5 rings (SSSR count). The van der Waals surface area contributed by atoms with Crippen molar-refractivity contribution in [2.75, 3.05) is 19.2 Å². The van der Waals surface area contributed by atoms with Gasteiger partial charge in [-0.15, -0.1) is 5.10 Å². The SMILES string of the molecule is COC(=O)c1ccc(C)c(Nc2nn3c(=O)c4cc5c(cc4nc3s2)OCO5)c1. The number of nitrogens with one attached hydrogen (secondary N) is 1. The number of rotatable bonds is 3. The molecule has 0 radical (unpaired) electrons. The molecule has 0 amide bonds. The van der Waals surface area contributed by atoms with Gasteiger partial charge in [-0.1, -0.05) is 17.4 Å². The van der Waals surface area contributed by atoms with E-state index in [2.05, 4.69) is 15.4 Å². The molecule has 0 atom stereocenters. The molecule has 29 heavy (non-hydrogen) atoms. The minimum Gasteiger partial charge on any atom is -0.465 e. The summed E-state index contributed by atoms with van der Waals surface area (Å²) in [5.74, 6) is 0.644. The van der Waals surface area contributed by atoms with E-state index in [-0.39, 0.29) is 12.4 Å². The minimum absolute atomic E-state index is 0.123. The first-order valence-electron chi connectivity index (χ1n) is 8.63. The Labute approximate surface area is 167 Å². The molecule has 4 aromatic rings. The van der Waals surface area contributed by atoms with Gasteiger partial charge in [0.05, 0.1) is 23.6 Å². The van der Waals surface area contributed by atoms with Crippen LogP contribution in [0.1, 0.15) is 15.9 Å². The molecule has 0 saturated heterocycles. The highest BCUT2D eigenvalue weighted by molar-refractivity contribution is 7.20. The number of nitrogens with zero attached hydrogens (tertiary/aromatic N) is 3. The lowest BCUT2D eigenvalue weighted by Gasteiger charge is -2.08. The largest absolute Gasteiger partial charge is 0.465 e. The summed E-state index contributed by atoms with van der Waals surface area (Å²) in [4.78, 5) is 29.6. The van der Waals surface area contributed by atoms with Crippen LogP contribution in [0.3, 0.4) is 0 Å². The number of aromatic nitrogens is 3. The van der Waals surface area contributed by atoms with Crippen LogP contribution in [0.15, 0.2) is 35.1 Å². The fraction of sp³-hybridized carbons (Fsp3) is 0.158. The second kappa shape index (κ2) is 6.45. The summed E-state index contributed by atoms with van der Waals surface area (Å²) in [7, 11) is 1.33. The van der Waals surface area contributed by atoms with Gasteiger partial charge in [0.2, 0.25) is 16.9 Å². The van der Waals surface area contributed by atoms with Crippen LogP contribution in [0.5, 0.6) is 11.5 Å². The Morgan fingerprint density at radius 2 is 2.03 bits per heavy atom. The van der Waals surface area contributed by atoms with Crippen LogP contribution >= 0.6 is 11.3 Å². The predicted molar refractivity (Wildman–Crippen MR) is 107 cm³/mol. The summed E-state index contributed by atoms with van der Waals surface area (Å²) in [6, 6.07) is 8.49. The Morgan fingerprint density at radius 1 is 1.24 bits per heavy atom. The molecule has 0 spiro atoms. The van der Waals surface area contributed by atoms with E-state index in [0.717, 1.165) is 5.56 Å². The van der Waals surface area contributed by atoms with Crippen molar-refractivity contribution in [2.45, 2.75) is 6.92 Å². The number of methoxy groups -OCH3 is 1. The van der Waals surface area contributed by atoms with Crippen molar-refractivity contribution in [3.05, 3.63) is 51.8 Å². The summed E-state index contributed by atoms with van der Waals surface area (Å²) < 4.78 is 16.7. The standard InChI is InChI=1S/C19H14N4O5S/c1-9-3-4-10(17(25)26-2)5-12(9)20-18-22-23-16(24)11-6-14-15(28-8-27-14)7-13(11)21-19(23)29-18/h3-7H,8H2,1-2H3,(H,20,22). The molecule has 1 aliphatic rings. The van der Waals surface area contributed by atoms with Crippen LogP contribution in [0.2, 0.25) is 0 Å². The van der Waals surface area contributed by atoms with Crippen molar-refractivity contribution in [1.82, 2.24) is 14.6 Å². The summed E-state index contributed by atoms with van der Waals surface area (Å²) in [6.45, 7) is 2.02. The van der Waals surface area contributed by atoms with Crippen molar-refractivity contribution in [3.8, 4) is 11.5 Å². The monoisotopic (exact) mass is 410 g/mol. The first-order valence-corrected chi connectivity index (χ1v) is 9.44. The van der Waals surface area contributed by atoms with Crippen LogP contribution in [0.4, 0.5) is 10.8 Å². The maximum atomic E-state index is 12.9. The van der Waals surface area contributed by atoms with Crippen LogP contribution in [-0.4, -0.2) is 34.5 Å². The second-order valence-corrected chi connectivity index (χ2v) is 7.34. The van der Waals surface area contributed by atoms with Crippen molar-refractivity contribution in [2.24, 2.45) is 0 Å². The molecule has 0 bridgehead atoms. The molecule has 10 heteroatoms. The van der Waals surface area contributed by atoms with Gasteiger partial charge < -0.3 is 19.5 Å². The summed E-state index contributed by atoms with van der Waals surface area (Å²) in [5.41, 5.74) is 2.22. The number of anilines is 2. The number of carbonyl (C=O) groups excluding carboxylic acids is 1. The molecule has 146 valence electrons. The molecule has 2 aromatic heterocycles. The second-order valence-electron chi connectivity index (χ2n) is 6.39. The van der Waals surface area contributed by atoms with Crippen molar-refractivity contribution < 1.29 is 19.0 Å². The van der Waals surface area contributed by atoms with Crippen LogP contribution in [-0.2, 0) is 4.74 Å². The van der Waals surface area contributed by atoms with Gasteiger partial charge in [-0.25, -0.2) is 9.78 Å². The molecule has 0 aliphatic carbocycles. The zero-order valence-electron chi connectivity index (χ0n) is 15.4. The number of hydrogen-bond donors (Lipinski definition) is 1. The highest BCUT2D eigenvalue weighted by Crippen LogP contribution is 2.35. The van der Waals surface area contributed by atoms with Gasteiger partial charge in [-0.2, -0.15) is 4.52 Å². The van der Waals surface area contributed by atoms with E-state index in [0.29, 0.717) is 43.7 Å². The maximum Gasteiger partial charge on any atom is 0.337 e. The number of fused-ring (bicyclic) bond motifs is 3. The number of aryl methyl sites for hydroxylation is 1. The first kappa shape index (κ1) is 17.4. The lowest BCUT2D eigenvalue weighted by atomic mass is 10.1. The molecular weight excluding hydrogens is 396 g/mol. The molecule has 1 aliphatic heterocycles. The topological polar surface area (TPSA) is 104 Å². The van der Waals surface area contributed by atoms with Crippen LogP contribution in [0, 0.1) is 6.92 Å². The Hall–Kier alpha value is -3.66. The van der Waals surface area contributed by atoms with Gasteiger partial charge in [-0.05, 0) is 30.7 Å². The lowest BCUT2D eigenvalue weighted by Crippen LogP contribution is -2.15. The zero-order valence-corrected chi connectivity index (χ0v) is 16.2. The zero-order chi connectivity index (χ0) is 20.1. The molecule has 9 nitrogen and oxygen atoms in total. The van der Waals surface area contributed by atoms with Gasteiger partial charge in [0, 0.05) is 11.8 Å². The predicted octanol–water partition coefficient (Wildman–Crippen LogP) is 2.87. The molecule has 0 saturated carbocycles. The normalized spacial score (nSPS) is 12.5. The van der Waals surface area contributed by atoms with E-state index < -0.39 is 5.97 Å². The number of hydrogen-bond acceptors (Lipinski definition) is 9. The van der Waals surface area contributed by atoms with E-state index in [1.54, 1.807) is 24.3 Å². The van der Waals surface area contributed by atoms with E-state index in [4.69, 9.17) is 14.2 Å². The molecular formula is C19H14N4O5S. The number of esters is 1. The van der Waals surface area contributed by atoms with Crippen molar-refractivity contribution >= 4 is 44.0 Å². The smallest absolute Gasteiger partial charge is 0.337 e. The molecule has 3 heterocycles. The van der Waals surface area contributed by atoms with Crippen molar-refractivity contribution in [1.29, 1.82) is 0 Å². The molecule has 0 unspecified atom stereocenters. The molecule has 1 N–H and O–H groups in total. The Balaban J connectivity index is 1.59. The van der Waals surface area contributed by atoms with Crippen molar-refractivity contribution in [3.63, 3.8) is 0 Å². The van der Waals surface area contributed by atoms with Crippen LogP contribution in [0.25, 0.3) is 15.9 Å². The van der Waals surface area contributed by atoms with Crippen LogP contribution < -0.4 is 20.3 Å². The molecule has 0 fully saturated rings. The van der Waals surface area contributed by atoms with Gasteiger partial charge in [-0.3, -0.25) is 4.79 Å². The van der Waals surface area contributed by atoms with Gasteiger partial charge in [0.15, 0.2) is 11.5 Å². The van der Waals surface area contributed by atoms with Gasteiger partial charge in [0.25, 0.3) is 5.56 Å². The fourth-order valence-electron chi connectivity index (χ4n) is 3.07. The summed E-state index contributed by atoms with van der Waals surface area (Å²) >= 11 is 1.22. The molecule has 2 aromatic carbocycles. The third kappa shape index (κ3) is 2.85. The summed E-state index contributed by atoms with van der Waals surface area (Å²) in [6.07, 6.45) is 0. The average Bonchev–Trinajstić information content (AvgIpc) is 3.34. The highest BCUT2D eigenvalue weighted by Gasteiger charge is 2.19. The Bertz CT molecular complexity index is 1360. The summed E-state index contributed by atoms with van der Waals surface area (Å²) in [5, 5.41) is 8.37. The Kier molecular flexibility index (Phi) is 3.88. The number of ether oxygens (including phenoxy) is 3. The van der Waals surface area contributed by atoms with Gasteiger partial charge in [0.1, 0.15) is 0 Å². The number of benzene rings is 2. The van der Waals surface area contributed by atoms with E-state index in [1.807, 2.05) is 13.0 Å². The maximum absolute atomic E-state index is 12.9. The Morgan fingerprint density at radius 3 is 2.83 bits per heavy atom. The third-order valence-electron chi connectivity index (χ3n) is 4.59. The van der Waals surface area contributed by atoms with E-state index in [1.165, 1.54) is 23.0 Å². The minimum atomic E-state index is -0.432.